The Bertz CT molecular complexity index is 647. The fourth-order valence-electron chi connectivity index (χ4n) is 2.29. The van der Waals surface area contributed by atoms with Gasteiger partial charge < -0.3 is 16.0 Å². The number of benzene rings is 2. The molecule has 0 unspecified atom stereocenters. The van der Waals surface area contributed by atoms with Crippen LogP contribution in [0.5, 0.6) is 0 Å². The molecule has 22 heavy (non-hydrogen) atoms. The highest BCUT2D eigenvalue weighted by atomic mass is 15.1. The highest BCUT2D eigenvalue weighted by Crippen LogP contribution is 2.12. The highest BCUT2D eigenvalue weighted by molar-refractivity contribution is 5.92. The summed E-state index contributed by atoms with van der Waals surface area (Å²) in [6.07, 6.45) is 0. The Kier molecular flexibility index (Phi) is 5.55. The second kappa shape index (κ2) is 7.61. The number of aryl methyl sites for hydroxylation is 1. The maximum Gasteiger partial charge on any atom is 0.193 e. The number of guanidine groups is 1. The normalized spacial score (nSPS) is 11.7. The molecule has 0 aliphatic heterocycles. The molecule has 116 valence electrons. The standard InChI is InChI=1S/C18H24N4/c1-14-7-6-10-17(11-14)21-18(19)20-12-15-8-4-5-9-16(15)13-22(2)3/h4-11H,12-13H2,1-3H3,(H3,19,20,21). The Hall–Kier alpha value is -2.33. The van der Waals surface area contributed by atoms with Crippen LogP contribution in [0.4, 0.5) is 5.69 Å². The van der Waals surface area contributed by atoms with E-state index in [2.05, 4.69) is 60.5 Å². The third-order valence-electron chi connectivity index (χ3n) is 3.32. The van der Waals surface area contributed by atoms with E-state index in [1.807, 2.05) is 24.3 Å². The largest absolute Gasteiger partial charge is 0.370 e. The lowest BCUT2D eigenvalue weighted by atomic mass is 10.1. The summed E-state index contributed by atoms with van der Waals surface area (Å²) in [5.41, 5.74) is 10.6. The number of rotatable bonds is 5. The summed E-state index contributed by atoms with van der Waals surface area (Å²) in [6, 6.07) is 16.4. The molecule has 0 atom stereocenters. The van der Waals surface area contributed by atoms with Gasteiger partial charge in [-0.3, -0.25) is 0 Å². The van der Waals surface area contributed by atoms with Crippen LogP contribution >= 0.6 is 0 Å². The molecule has 2 rings (SSSR count). The van der Waals surface area contributed by atoms with Crippen molar-refractivity contribution in [1.29, 1.82) is 0 Å². The summed E-state index contributed by atoms with van der Waals surface area (Å²) in [5.74, 6) is 0.435. The Morgan fingerprint density at radius 2 is 1.82 bits per heavy atom. The zero-order valence-electron chi connectivity index (χ0n) is 13.5. The van der Waals surface area contributed by atoms with Crippen LogP contribution in [-0.2, 0) is 13.1 Å². The second-order valence-corrected chi connectivity index (χ2v) is 5.70. The van der Waals surface area contributed by atoms with Gasteiger partial charge in [0, 0.05) is 12.2 Å². The predicted molar refractivity (Wildman–Crippen MR) is 94.0 cm³/mol. The summed E-state index contributed by atoms with van der Waals surface area (Å²) in [4.78, 5) is 6.60. The lowest BCUT2D eigenvalue weighted by Crippen LogP contribution is -2.22. The first-order valence-corrected chi connectivity index (χ1v) is 7.39. The van der Waals surface area contributed by atoms with Crippen molar-refractivity contribution in [1.82, 2.24) is 4.90 Å². The average molecular weight is 296 g/mol. The molecule has 2 aromatic carbocycles. The van der Waals surface area contributed by atoms with Gasteiger partial charge in [0.25, 0.3) is 0 Å². The molecule has 0 fully saturated rings. The van der Waals surface area contributed by atoms with Gasteiger partial charge in [0.1, 0.15) is 0 Å². The zero-order chi connectivity index (χ0) is 15.9. The Morgan fingerprint density at radius 1 is 1.09 bits per heavy atom. The van der Waals surface area contributed by atoms with Gasteiger partial charge in [-0.1, -0.05) is 36.4 Å². The summed E-state index contributed by atoms with van der Waals surface area (Å²) in [5, 5.41) is 3.13. The van der Waals surface area contributed by atoms with Gasteiger partial charge in [0.05, 0.1) is 6.54 Å². The van der Waals surface area contributed by atoms with Crippen LogP contribution in [0.1, 0.15) is 16.7 Å². The van der Waals surface area contributed by atoms with E-state index in [1.165, 1.54) is 16.7 Å². The predicted octanol–water partition coefficient (Wildman–Crippen LogP) is 2.98. The molecule has 4 nitrogen and oxygen atoms in total. The number of nitrogens with one attached hydrogen (secondary N) is 1. The fourth-order valence-corrected chi connectivity index (χ4v) is 2.29. The van der Waals surface area contributed by atoms with Gasteiger partial charge in [0.2, 0.25) is 0 Å². The molecule has 0 aliphatic rings. The number of nitrogens with zero attached hydrogens (tertiary/aromatic N) is 2. The van der Waals surface area contributed by atoms with E-state index in [1.54, 1.807) is 0 Å². The van der Waals surface area contributed by atoms with E-state index in [9.17, 15) is 0 Å². The Labute approximate surface area is 132 Å². The van der Waals surface area contributed by atoms with Crippen molar-refractivity contribution in [2.75, 3.05) is 19.4 Å². The van der Waals surface area contributed by atoms with Gasteiger partial charge in [-0.05, 0) is 49.8 Å². The van der Waals surface area contributed by atoms with Crippen LogP contribution in [0.2, 0.25) is 0 Å². The Morgan fingerprint density at radius 3 is 2.50 bits per heavy atom. The number of anilines is 1. The molecule has 0 heterocycles. The fraction of sp³-hybridized carbons (Fsp3) is 0.278. The summed E-state index contributed by atoms with van der Waals surface area (Å²) in [7, 11) is 4.13. The first-order valence-electron chi connectivity index (χ1n) is 7.39. The zero-order valence-corrected chi connectivity index (χ0v) is 13.5. The van der Waals surface area contributed by atoms with Crippen LogP contribution in [0, 0.1) is 6.92 Å². The van der Waals surface area contributed by atoms with E-state index in [0.717, 1.165) is 12.2 Å². The third kappa shape index (κ3) is 4.90. The summed E-state index contributed by atoms with van der Waals surface area (Å²) >= 11 is 0. The third-order valence-corrected chi connectivity index (χ3v) is 3.32. The summed E-state index contributed by atoms with van der Waals surface area (Å²) < 4.78 is 0. The number of nitrogens with two attached hydrogens (primary N) is 1. The SMILES string of the molecule is Cc1cccc(NC(N)=NCc2ccccc2CN(C)C)c1. The Balaban J connectivity index is 2.04. The molecule has 4 heteroatoms. The minimum atomic E-state index is 0.435. The first-order chi connectivity index (χ1) is 10.5. The molecule has 0 aromatic heterocycles. The minimum Gasteiger partial charge on any atom is -0.370 e. The lowest BCUT2D eigenvalue weighted by molar-refractivity contribution is 0.401. The highest BCUT2D eigenvalue weighted by Gasteiger charge is 2.03. The molecule has 0 saturated carbocycles. The van der Waals surface area contributed by atoms with Crippen LogP contribution in [0.3, 0.4) is 0 Å². The van der Waals surface area contributed by atoms with Gasteiger partial charge in [-0.25, -0.2) is 4.99 Å². The van der Waals surface area contributed by atoms with Gasteiger partial charge in [-0.2, -0.15) is 0 Å². The second-order valence-electron chi connectivity index (χ2n) is 5.70. The van der Waals surface area contributed by atoms with Crippen molar-refractivity contribution in [3.05, 3.63) is 65.2 Å². The molecular formula is C18H24N4. The number of aliphatic imine (C=N–C) groups is 1. The van der Waals surface area contributed by atoms with Crippen molar-refractivity contribution >= 4 is 11.6 Å². The molecule has 0 spiro atoms. The topological polar surface area (TPSA) is 53.6 Å². The smallest absolute Gasteiger partial charge is 0.193 e. The lowest BCUT2D eigenvalue weighted by Gasteiger charge is -2.13. The van der Waals surface area contributed by atoms with E-state index >= 15 is 0 Å². The van der Waals surface area contributed by atoms with E-state index in [4.69, 9.17) is 5.73 Å². The van der Waals surface area contributed by atoms with Gasteiger partial charge in [0.15, 0.2) is 5.96 Å². The molecular weight excluding hydrogens is 272 g/mol. The maximum atomic E-state index is 5.98. The molecule has 0 bridgehead atoms. The molecule has 0 aliphatic carbocycles. The van der Waals surface area contributed by atoms with E-state index in [-0.39, 0.29) is 0 Å². The molecule has 3 N–H and O–H groups in total. The molecule has 2 aromatic rings. The van der Waals surface area contributed by atoms with E-state index in [0.29, 0.717) is 12.5 Å². The van der Waals surface area contributed by atoms with Crippen LogP contribution in [-0.4, -0.2) is 25.0 Å². The monoisotopic (exact) mass is 296 g/mol. The van der Waals surface area contributed by atoms with Crippen LogP contribution < -0.4 is 11.1 Å². The molecule has 0 saturated heterocycles. The van der Waals surface area contributed by atoms with Crippen molar-refractivity contribution in [3.8, 4) is 0 Å². The summed E-state index contributed by atoms with van der Waals surface area (Å²) in [6.45, 7) is 3.53. The average Bonchev–Trinajstić information content (AvgIpc) is 2.46. The molecule has 0 amide bonds. The van der Waals surface area contributed by atoms with Crippen molar-refractivity contribution < 1.29 is 0 Å². The number of hydrogen-bond donors (Lipinski definition) is 2. The van der Waals surface area contributed by atoms with Gasteiger partial charge in [-0.15, -0.1) is 0 Å². The maximum absolute atomic E-state index is 5.98. The van der Waals surface area contributed by atoms with Gasteiger partial charge >= 0.3 is 0 Å². The van der Waals surface area contributed by atoms with E-state index < -0.39 is 0 Å². The van der Waals surface area contributed by atoms with Crippen LogP contribution in [0.25, 0.3) is 0 Å². The molecule has 0 radical (unpaired) electrons. The van der Waals surface area contributed by atoms with Crippen molar-refractivity contribution in [2.45, 2.75) is 20.0 Å². The quantitative estimate of drug-likeness (QED) is 0.659. The van der Waals surface area contributed by atoms with Crippen molar-refractivity contribution in [2.24, 2.45) is 10.7 Å². The van der Waals surface area contributed by atoms with Crippen molar-refractivity contribution in [3.63, 3.8) is 0 Å². The minimum absolute atomic E-state index is 0.435. The van der Waals surface area contributed by atoms with Crippen LogP contribution in [0.15, 0.2) is 53.5 Å². The first kappa shape index (κ1) is 16.0. The number of hydrogen-bond acceptors (Lipinski definition) is 2.